The van der Waals surface area contributed by atoms with Crippen molar-refractivity contribution in [3.05, 3.63) is 0 Å². The van der Waals surface area contributed by atoms with Crippen LogP contribution in [0, 0.1) is 11.3 Å². The van der Waals surface area contributed by atoms with E-state index in [1.54, 1.807) is 6.92 Å². The van der Waals surface area contributed by atoms with Gasteiger partial charge >= 0.3 is 5.97 Å². The SMILES string of the molecule is CCOC(=O)CC[C@@H](CO)CCC(C)(C)C. The Kier molecular flexibility index (Phi) is 7.39. The molecule has 0 unspecified atom stereocenters. The van der Waals surface area contributed by atoms with Crippen LogP contribution >= 0.6 is 0 Å². The smallest absolute Gasteiger partial charge is 0.305 e. The third-order valence-corrected chi connectivity index (χ3v) is 2.62. The van der Waals surface area contributed by atoms with Gasteiger partial charge in [-0.25, -0.2) is 0 Å². The van der Waals surface area contributed by atoms with Crippen LogP contribution in [0.2, 0.25) is 0 Å². The average molecular weight is 230 g/mol. The third-order valence-electron chi connectivity index (χ3n) is 2.62. The summed E-state index contributed by atoms with van der Waals surface area (Å²) in [7, 11) is 0. The van der Waals surface area contributed by atoms with Crippen LogP contribution in [-0.4, -0.2) is 24.3 Å². The number of rotatable bonds is 7. The summed E-state index contributed by atoms with van der Waals surface area (Å²) >= 11 is 0. The lowest BCUT2D eigenvalue weighted by molar-refractivity contribution is -0.143. The third kappa shape index (κ3) is 8.72. The molecular formula is C13H26O3. The second kappa shape index (κ2) is 7.66. The first kappa shape index (κ1) is 15.4. The maximum absolute atomic E-state index is 11.2. The topological polar surface area (TPSA) is 46.5 Å². The zero-order valence-corrected chi connectivity index (χ0v) is 11.1. The molecule has 0 aliphatic heterocycles. The molecule has 16 heavy (non-hydrogen) atoms. The summed E-state index contributed by atoms with van der Waals surface area (Å²) in [4.78, 5) is 11.2. The van der Waals surface area contributed by atoms with E-state index in [0.29, 0.717) is 13.0 Å². The molecule has 1 atom stereocenters. The highest BCUT2D eigenvalue weighted by atomic mass is 16.5. The molecule has 0 rings (SSSR count). The van der Waals surface area contributed by atoms with E-state index in [2.05, 4.69) is 20.8 Å². The van der Waals surface area contributed by atoms with Gasteiger partial charge in [0.2, 0.25) is 0 Å². The van der Waals surface area contributed by atoms with Gasteiger partial charge in [-0.05, 0) is 37.5 Å². The molecule has 1 N–H and O–H groups in total. The van der Waals surface area contributed by atoms with Gasteiger partial charge in [0, 0.05) is 13.0 Å². The van der Waals surface area contributed by atoms with Crippen molar-refractivity contribution in [2.75, 3.05) is 13.2 Å². The van der Waals surface area contributed by atoms with Crippen molar-refractivity contribution in [3.8, 4) is 0 Å². The summed E-state index contributed by atoms with van der Waals surface area (Å²) < 4.78 is 4.86. The number of ether oxygens (including phenoxy) is 1. The largest absolute Gasteiger partial charge is 0.466 e. The van der Waals surface area contributed by atoms with Gasteiger partial charge in [-0.15, -0.1) is 0 Å². The lowest BCUT2D eigenvalue weighted by Crippen LogP contribution is -2.14. The molecule has 0 radical (unpaired) electrons. The van der Waals surface area contributed by atoms with Crippen molar-refractivity contribution >= 4 is 5.97 Å². The normalized spacial score (nSPS) is 13.6. The fourth-order valence-corrected chi connectivity index (χ4v) is 1.52. The summed E-state index contributed by atoms with van der Waals surface area (Å²) in [6, 6.07) is 0. The Bertz CT molecular complexity index is 194. The van der Waals surface area contributed by atoms with Crippen molar-refractivity contribution in [2.24, 2.45) is 11.3 Å². The second-order valence-corrected chi connectivity index (χ2v) is 5.49. The molecule has 0 saturated heterocycles. The van der Waals surface area contributed by atoms with E-state index in [-0.39, 0.29) is 23.9 Å². The Balaban J connectivity index is 3.79. The van der Waals surface area contributed by atoms with Crippen LogP contribution in [0.15, 0.2) is 0 Å². The van der Waals surface area contributed by atoms with Gasteiger partial charge in [-0.1, -0.05) is 20.8 Å². The summed E-state index contributed by atoms with van der Waals surface area (Å²) in [6.45, 7) is 8.97. The van der Waals surface area contributed by atoms with E-state index < -0.39 is 0 Å². The van der Waals surface area contributed by atoms with Crippen molar-refractivity contribution in [3.63, 3.8) is 0 Å². The fraction of sp³-hybridized carbons (Fsp3) is 0.923. The molecule has 0 bridgehead atoms. The van der Waals surface area contributed by atoms with E-state index in [9.17, 15) is 9.90 Å². The fourth-order valence-electron chi connectivity index (χ4n) is 1.52. The predicted molar refractivity (Wildman–Crippen MR) is 65.1 cm³/mol. The maximum Gasteiger partial charge on any atom is 0.305 e. The number of hydrogen-bond acceptors (Lipinski definition) is 3. The lowest BCUT2D eigenvalue weighted by atomic mass is 9.85. The van der Waals surface area contributed by atoms with Crippen LogP contribution in [0.4, 0.5) is 0 Å². The minimum absolute atomic E-state index is 0.156. The van der Waals surface area contributed by atoms with Crippen LogP contribution < -0.4 is 0 Å². The highest BCUT2D eigenvalue weighted by Gasteiger charge is 2.16. The molecule has 0 aromatic carbocycles. The Hall–Kier alpha value is -0.570. The number of esters is 1. The van der Waals surface area contributed by atoms with E-state index in [4.69, 9.17) is 4.74 Å². The van der Waals surface area contributed by atoms with E-state index >= 15 is 0 Å². The van der Waals surface area contributed by atoms with Crippen molar-refractivity contribution in [1.82, 2.24) is 0 Å². The molecule has 0 aromatic rings. The standard InChI is InChI=1S/C13H26O3/c1-5-16-12(15)7-6-11(10-14)8-9-13(2,3)4/h11,14H,5-10H2,1-4H3/t11-/m1/s1. The maximum atomic E-state index is 11.2. The van der Waals surface area contributed by atoms with Gasteiger partial charge in [0.15, 0.2) is 0 Å². The Morgan fingerprint density at radius 1 is 1.31 bits per heavy atom. The van der Waals surface area contributed by atoms with Gasteiger partial charge in [0.25, 0.3) is 0 Å². The van der Waals surface area contributed by atoms with Crippen LogP contribution in [0.5, 0.6) is 0 Å². The minimum Gasteiger partial charge on any atom is -0.466 e. The van der Waals surface area contributed by atoms with Gasteiger partial charge in [0.1, 0.15) is 0 Å². The lowest BCUT2D eigenvalue weighted by Gasteiger charge is -2.21. The highest BCUT2D eigenvalue weighted by Crippen LogP contribution is 2.25. The highest BCUT2D eigenvalue weighted by molar-refractivity contribution is 5.69. The van der Waals surface area contributed by atoms with Crippen molar-refractivity contribution in [1.29, 1.82) is 0 Å². The molecule has 0 heterocycles. The summed E-state index contributed by atoms with van der Waals surface area (Å²) in [5.74, 6) is 0.0698. The Labute approximate surface area is 99.2 Å². The number of aliphatic hydroxyl groups excluding tert-OH is 1. The first-order valence-electron chi connectivity index (χ1n) is 6.15. The van der Waals surface area contributed by atoms with E-state index in [1.165, 1.54) is 0 Å². The van der Waals surface area contributed by atoms with Crippen LogP contribution in [0.3, 0.4) is 0 Å². The molecule has 0 saturated carbocycles. The zero-order valence-electron chi connectivity index (χ0n) is 11.1. The van der Waals surface area contributed by atoms with E-state index in [1.807, 2.05) is 0 Å². The van der Waals surface area contributed by atoms with Gasteiger partial charge < -0.3 is 9.84 Å². The monoisotopic (exact) mass is 230 g/mol. The summed E-state index contributed by atoms with van der Waals surface area (Å²) in [6.07, 6.45) is 3.19. The van der Waals surface area contributed by atoms with Crippen molar-refractivity contribution < 1.29 is 14.6 Å². The van der Waals surface area contributed by atoms with Crippen LogP contribution in [-0.2, 0) is 9.53 Å². The summed E-state index contributed by atoms with van der Waals surface area (Å²) in [5.41, 5.74) is 0.289. The molecule has 0 aromatic heterocycles. The first-order chi connectivity index (χ1) is 7.39. The first-order valence-corrected chi connectivity index (χ1v) is 6.15. The average Bonchev–Trinajstić information content (AvgIpc) is 2.17. The van der Waals surface area contributed by atoms with Crippen LogP contribution in [0.25, 0.3) is 0 Å². The zero-order chi connectivity index (χ0) is 12.6. The molecule has 3 nitrogen and oxygen atoms in total. The molecule has 0 amide bonds. The van der Waals surface area contributed by atoms with E-state index in [0.717, 1.165) is 19.3 Å². The molecule has 0 fully saturated rings. The minimum atomic E-state index is -0.156. The molecular weight excluding hydrogens is 204 g/mol. The molecule has 3 heteroatoms. The Morgan fingerprint density at radius 2 is 1.94 bits per heavy atom. The van der Waals surface area contributed by atoms with Gasteiger partial charge in [-0.3, -0.25) is 4.79 Å². The predicted octanol–water partition coefficient (Wildman–Crippen LogP) is 2.76. The molecule has 0 spiro atoms. The number of carbonyl (C=O) groups excluding carboxylic acids is 1. The summed E-state index contributed by atoms with van der Waals surface area (Å²) in [5, 5.41) is 9.21. The van der Waals surface area contributed by atoms with Crippen molar-refractivity contribution in [2.45, 2.75) is 53.4 Å². The quantitative estimate of drug-likeness (QED) is 0.684. The second-order valence-electron chi connectivity index (χ2n) is 5.49. The van der Waals surface area contributed by atoms with Gasteiger partial charge in [-0.2, -0.15) is 0 Å². The Morgan fingerprint density at radius 3 is 2.38 bits per heavy atom. The number of aliphatic hydroxyl groups is 1. The number of hydrogen-bond donors (Lipinski definition) is 1. The molecule has 96 valence electrons. The van der Waals surface area contributed by atoms with Gasteiger partial charge in [0.05, 0.1) is 6.61 Å². The molecule has 0 aliphatic carbocycles. The number of carbonyl (C=O) groups is 1. The molecule has 0 aliphatic rings. The van der Waals surface area contributed by atoms with Crippen LogP contribution in [0.1, 0.15) is 53.4 Å².